The van der Waals surface area contributed by atoms with E-state index in [1.165, 1.54) is 12.8 Å². The zero-order valence-corrected chi connectivity index (χ0v) is 18.9. The Balaban J connectivity index is 1.67. The largest absolute Gasteiger partial charge is 0.328 e. The number of alkyl halides is 2. The Bertz CT molecular complexity index is 699. The van der Waals surface area contributed by atoms with Crippen molar-refractivity contribution in [3.63, 3.8) is 0 Å². The first-order valence-corrected chi connectivity index (χ1v) is 11.7. The molecule has 0 radical (unpaired) electrons. The second-order valence-corrected chi connectivity index (χ2v) is 10.1. The zero-order valence-electron chi connectivity index (χ0n) is 18.9. The molecule has 8 heteroatoms. The fourth-order valence-corrected chi connectivity index (χ4v) is 4.94. The van der Waals surface area contributed by atoms with Crippen LogP contribution in [0, 0.1) is 22.2 Å². The van der Waals surface area contributed by atoms with Crippen LogP contribution in [0.25, 0.3) is 0 Å². The summed E-state index contributed by atoms with van der Waals surface area (Å²) in [5.74, 6) is -3.49. The summed E-state index contributed by atoms with van der Waals surface area (Å²) < 4.78 is 28.9. The number of nitrogens with zero attached hydrogens (tertiary/aromatic N) is 3. The van der Waals surface area contributed by atoms with Gasteiger partial charge in [-0.3, -0.25) is 4.79 Å². The van der Waals surface area contributed by atoms with Crippen LogP contribution in [0.15, 0.2) is 0 Å². The highest BCUT2D eigenvalue weighted by Crippen LogP contribution is 2.53. The second kappa shape index (κ2) is 9.40. The molecule has 174 valence electrons. The van der Waals surface area contributed by atoms with Crippen molar-refractivity contribution in [3.8, 4) is 6.07 Å². The molecule has 3 aliphatic rings. The summed E-state index contributed by atoms with van der Waals surface area (Å²) >= 11 is 0. The van der Waals surface area contributed by atoms with E-state index in [1.807, 2.05) is 7.05 Å². The van der Waals surface area contributed by atoms with Crippen molar-refractivity contribution >= 4 is 11.8 Å². The minimum absolute atomic E-state index is 0.0897. The maximum absolute atomic E-state index is 14.5. The zero-order chi connectivity index (χ0) is 22.7. The monoisotopic (exact) mass is 438 g/mol. The molecule has 3 fully saturated rings. The number of nitriles is 1. The first-order valence-electron chi connectivity index (χ1n) is 11.7. The lowest BCUT2D eigenvalue weighted by Crippen LogP contribution is -2.52. The first-order chi connectivity index (χ1) is 14.6. The topological polar surface area (TPSA) is 76.4 Å². The van der Waals surface area contributed by atoms with E-state index < -0.39 is 35.6 Å². The molecule has 2 amide bonds. The van der Waals surface area contributed by atoms with Gasteiger partial charge in [-0.15, -0.1) is 0 Å². The number of urea groups is 1. The molecule has 31 heavy (non-hydrogen) atoms. The van der Waals surface area contributed by atoms with Crippen LogP contribution in [0.4, 0.5) is 13.6 Å². The van der Waals surface area contributed by atoms with Gasteiger partial charge in [-0.05, 0) is 64.1 Å². The van der Waals surface area contributed by atoms with Gasteiger partial charge in [0.25, 0.3) is 5.92 Å². The van der Waals surface area contributed by atoms with Gasteiger partial charge in [0.2, 0.25) is 0 Å². The van der Waals surface area contributed by atoms with Crippen molar-refractivity contribution in [2.45, 2.75) is 83.1 Å². The lowest BCUT2D eigenvalue weighted by molar-refractivity contribution is -0.126. The van der Waals surface area contributed by atoms with Crippen LogP contribution in [-0.4, -0.2) is 66.8 Å². The molecular weight excluding hydrogens is 402 g/mol. The average Bonchev–Trinajstić information content (AvgIpc) is 3.48. The molecule has 2 saturated heterocycles. The van der Waals surface area contributed by atoms with Crippen LogP contribution in [0.1, 0.15) is 71.1 Å². The summed E-state index contributed by atoms with van der Waals surface area (Å²) in [5.41, 5.74) is -0.441. The number of ketones is 1. The van der Waals surface area contributed by atoms with Crippen LogP contribution >= 0.6 is 0 Å². The molecule has 1 aliphatic carbocycles. The van der Waals surface area contributed by atoms with Gasteiger partial charge in [-0.1, -0.05) is 13.3 Å². The van der Waals surface area contributed by atoms with Crippen molar-refractivity contribution in [2.75, 3.05) is 33.2 Å². The van der Waals surface area contributed by atoms with Crippen molar-refractivity contribution in [1.82, 2.24) is 15.1 Å². The van der Waals surface area contributed by atoms with Crippen LogP contribution < -0.4 is 5.32 Å². The Morgan fingerprint density at radius 1 is 1.10 bits per heavy atom. The minimum atomic E-state index is -3.03. The number of likely N-dealkylation sites (tertiary alicyclic amines) is 2. The molecule has 1 atom stereocenters. The third-order valence-corrected chi connectivity index (χ3v) is 7.57. The predicted molar refractivity (Wildman–Crippen MR) is 114 cm³/mol. The third kappa shape index (κ3) is 6.15. The number of hydrogen-bond acceptors (Lipinski definition) is 4. The number of halogens is 2. The molecule has 0 unspecified atom stereocenters. The van der Waals surface area contributed by atoms with E-state index >= 15 is 0 Å². The van der Waals surface area contributed by atoms with Gasteiger partial charge in [-0.2, -0.15) is 5.26 Å². The molecule has 0 aromatic carbocycles. The van der Waals surface area contributed by atoms with Gasteiger partial charge < -0.3 is 15.1 Å². The van der Waals surface area contributed by atoms with Crippen molar-refractivity contribution in [3.05, 3.63) is 0 Å². The van der Waals surface area contributed by atoms with Crippen LogP contribution in [0.2, 0.25) is 0 Å². The SMILES string of the molecule is CCCC(F)(F)C[C@H](NC(=O)N1CCC2(CC1)CC2)C(=O)CC1(C#N)CCN(C)CC1. The molecule has 1 spiro atoms. The number of hydrogen-bond donors (Lipinski definition) is 1. The third-order valence-electron chi connectivity index (χ3n) is 7.57. The number of nitrogens with one attached hydrogen (secondary N) is 1. The molecule has 3 rings (SSSR count). The fraction of sp³-hybridized carbons (Fsp3) is 0.870. The van der Waals surface area contributed by atoms with E-state index in [0.717, 1.165) is 12.8 Å². The van der Waals surface area contributed by atoms with Gasteiger partial charge in [0, 0.05) is 32.4 Å². The molecular formula is C23H36F2N4O2. The van der Waals surface area contributed by atoms with E-state index in [1.54, 1.807) is 11.8 Å². The number of amides is 2. The summed E-state index contributed by atoms with van der Waals surface area (Å²) in [7, 11) is 1.96. The number of carbonyl (C=O) groups excluding carboxylic acids is 2. The summed E-state index contributed by atoms with van der Waals surface area (Å²) in [6.07, 6.45) is 4.54. The maximum Gasteiger partial charge on any atom is 0.317 e. The Morgan fingerprint density at radius 3 is 2.23 bits per heavy atom. The highest BCUT2D eigenvalue weighted by molar-refractivity contribution is 5.89. The Kier molecular flexibility index (Phi) is 7.25. The van der Waals surface area contributed by atoms with E-state index in [2.05, 4.69) is 16.3 Å². The molecule has 6 nitrogen and oxygen atoms in total. The average molecular weight is 439 g/mol. The Labute approximate surface area is 184 Å². The second-order valence-electron chi connectivity index (χ2n) is 10.1. The van der Waals surface area contributed by atoms with E-state index in [4.69, 9.17) is 0 Å². The summed E-state index contributed by atoms with van der Waals surface area (Å²) in [6.45, 7) is 4.27. The maximum atomic E-state index is 14.5. The molecule has 2 aliphatic heterocycles. The summed E-state index contributed by atoms with van der Waals surface area (Å²) in [4.78, 5) is 29.7. The van der Waals surface area contributed by atoms with E-state index in [9.17, 15) is 23.6 Å². The molecule has 1 N–H and O–H groups in total. The number of carbonyl (C=O) groups is 2. The molecule has 0 bridgehead atoms. The first kappa shape index (κ1) is 23.9. The quantitative estimate of drug-likeness (QED) is 0.622. The Hall–Kier alpha value is -1.75. The molecule has 2 heterocycles. The normalized spacial score (nSPS) is 23.8. The predicted octanol–water partition coefficient (Wildman–Crippen LogP) is 3.96. The van der Waals surface area contributed by atoms with Crippen LogP contribution in [-0.2, 0) is 4.79 Å². The van der Waals surface area contributed by atoms with Crippen LogP contribution in [0.3, 0.4) is 0 Å². The summed E-state index contributed by atoms with van der Waals surface area (Å²) in [6, 6.07) is 0.584. The fourth-order valence-electron chi connectivity index (χ4n) is 4.94. The number of rotatable bonds is 8. The highest BCUT2D eigenvalue weighted by atomic mass is 19.3. The van der Waals surface area contributed by atoms with Crippen molar-refractivity contribution in [2.24, 2.45) is 10.8 Å². The lowest BCUT2D eigenvalue weighted by Gasteiger charge is -2.37. The Morgan fingerprint density at radius 2 is 1.71 bits per heavy atom. The molecule has 0 aromatic heterocycles. The number of Topliss-reactive ketones (excluding diaryl/α,β-unsaturated/α-hetero) is 1. The minimum Gasteiger partial charge on any atom is -0.328 e. The summed E-state index contributed by atoms with van der Waals surface area (Å²) in [5, 5.41) is 12.4. The van der Waals surface area contributed by atoms with Gasteiger partial charge in [0.1, 0.15) is 0 Å². The highest BCUT2D eigenvalue weighted by Gasteiger charge is 2.46. The molecule has 1 saturated carbocycles. The van der Waals surface area contributed by atoms with Crippen LogP contribution in [0.5, 0.6) is 0 Å². The standard InChI is InChI=1S/C23H36F2N4O2/c1-3-4-23(24,25)15-18(19(30)16-22(17-26)7-11-28(2)12-8-22)27-20(31)29-13-9-21(5-6-21)10-14-29/h18H,3-16H2,1-2H3,(H,27,31)/t18-/m0/s1. The van der Waals surface area contributed by atoms with Gasteiger partial charge in [0.15, 0.2) is 5.78 Å². The lowest BCUT2D eigenvalue weighted by atomic mass is 9.74. The van der Waals surface area contributed by atoms with E-state index in [-0.39, 0.29) is 12.8 Å². The van der Waals surface area contributed by atoms with Crippen molar-refractivity contribution < 1.29 is 18.4 Å². The smallest absolute Gasteiger partial charge is 0.317 e. The van der Waals surface area contributed by atoms with Gasteiger partial charge in [-0.25, -0.2) is 13.6 Å². The molecule has 0 aromatic rings. The van der Waals surface area contributed by atoms with E-state index in [0.29, 0.717) is 50.9 Å². The van der Waals surface area contributed by atoms with Gasteiger partial charge in [0.05, 0.1) is 17.5 Å². The van der Waals surface area contributed by atoms with Crippen molar-refractivity contribution in [1.29, 1.82) is 5.26 Å². The van der Waals surface area contributed by atoms with Gasteiger partial charge >= 0.3 is 6.03 Å². The number of piperidine rings is 2.